The molecule has 0 aliphatic heterocycles. The topological polar surface area (TPSA) is 86.8 Å². The maximum Gasteiger partial charge on any atom is 0.264 e. The fourth-order valence-electron chi connectivity index (χ4n) is 4.86. The van der Waals surface area contributed by atoms with Gasteiger partial charge in [0.2, 0.25) is 11.8 Å². The molecule has 0 bridgehead atoms. The van der Waals surface area contributed by atoms with Crippen molar-refractivity contribution in [3.8, 4) is 0 Å². The van der Waals surface area contributed by atoms with E-state index >= 15 is 0 Å². The molecule has 7 nitrogen and oxygen atoms in total. The van der Waals surface area contributed by atoms with E-state index in [0.29, 0.717) is 15.7 Å². The summed E-state index contributed by atoms with van der Waals surface area (Å²) in [5, 5.41) is 3.87. The summed E-state index contributed by atoms with van der Waals surface area (Å²) in [4.78, 5) is 29.7. The fraction of sp³-hybridized carbons (Fsp3) is 0.257. The molecule has 1 atom stereocenters. The van der Waals surface area contributed by atoms with Crippen molar-refractivity contribution in [2.24, 2.45) is 0 Å². The number of amides is 2. The quantitative estimate of drug-likeness (QED) is 0.177. The lowest BCUT2D eigenvalue weighted by Gasteiger charge is -2.34. The molecule has 0 aliphatic rings. The molecule has 0 saturated heterocycles. The van der Waals surface area contributed by atoms with Crippen molar-refractivity contribution in [3.63, 3.8) is 0 Å². The van der Waals surface area contributed by atoms with Crippen LogP contribution in [0.25, 0.3) is 0 Å². The molecule has 0 spiro atoms. The summed E-state index contributed by atoms with van der Waals surface area (Å²) in [5.74, 6) is -0.880. The smallest absolute Gasteiger partial charge is 0.264 e. The number of aryl methyl sites for hydroxylation is 2. The van der Waals surface area contributed by atoms with E-state index in [1.807, 2.05) is 64.1 Å². The average molecular weight is 667 g/mol. The van der Waals surface area contributed by atoms with E-state index in [1.54, 1.807) is 36.4 Å². The van der Waals surface area contributed by atoms with Gasteiger partial charge in [0.15, 0.2) is 0 Å². The number of hydrogen-bond donors (Lipinski definition) is 1. The molecule has 4 aromatic rings. The molecule has 0 saturated carbocycles. The summed E-state index contributed by atoms with van der Waals surface area (Å²) in [5.41, 5.74) is 3.77. The van der Waals surface area contributed by atoms with Gasteiger partial charge in [-0.05, 0) is 98.5 Å². The summed E-state index contributed by atoms with van der Waals surface area (Å²) >= 11 is 12.2. The second-order valence-corrected chi connectivity index (χ2v) is 14.0. The molecule has 0 radical (unpaired) electrons. The van der Waals surface area contributed by atoms with Gasteiger partial charge in [0, 0.05) is 29.1 Å². The number of nitrogens with one attached hydrogen (secondary N) is 1. The maximum absolute atomic E-state index is 14.5. The number of nitrogens with zero attached hydrogens (tertiary/aromatic N) is 2. The molecule has 4 rings (SSSR count). The number of hydrogen-bond acceptors (Lipinski definition) is 4. The van der Waals surface area contributed by atoms with E-state index < -0.39 is 28.5 Å². The van der Waals surface area contributed by atoms with Crippen LogP contribution in [-0.4, -0.2) is 43.8 Å². The molecule has 10 heteroatoms. The molecule has 0 aromatic heterocycles. The first kappa shape index (κ1) is 34.0. The molecule has 0 heterocycles. The highest BCUT2D eigenvalue weighted by atomic mass is 35.5. The summed E-state index contributed by atoms with van der Waals surface area (Å²) in [7, 11) is -4.22. The minimum absolute atomic E-state index is 0.0134. The zero-order chi connectivity index (χ0) is 32.7. The molecule has 0 unspecified atom stereocenters. The lowest BCUT2D eigenvalue weighted by molar-refractivity contribution is -0.140. The Balaban J connectivity index is 1.82. The van der Waals surface area contributed by atoms with Crippen molar-refractivity contribution in [2.45, 2.75) is 57.6 Å². The van der Waals surface area contributed by atoms with Crippen molar-refractivity contribution in [1.82, 2.24) is 10.2 Å². The van der Waals surface area contributed by atoms with Gasteiger partial charge < -0.3 is 10.2 Å². The number of halogens is 2. The van der Waals surface area contributed by atoms with Gasteiger partial charge in [-0.25, -0.2) is 8.42 Å². The Hall–Kier alpha value is -3.85. The van der Waals surface area contributed by atoms with Gasteiger partial charge in [-0.2, -0.15) is 0 Å². The zero-order valence-electron chi connectivity index (χ0n) is 25.7. The third kappa shape index (κ3) is 8.87. The summed E-state index contributed by atoms with van der Waals surface area (Å²) in [6, 6.07) is 26.4. The van der Waals surface area contributed by atoms with Gasteiger partial charge in [-0.1, -0.05) is 71.7 Å². The third-order valence-corrected chi connectivity index (χ3v) is 9.72. The first-order valence-electron chi connectivity index (χ1n) is 14.6. The second kappa shape index (κ2) is 15.0. The number of rotatable bonds is 12. The molecular formula is C35H37Cl2N3O4S. The highest BCUT2D eigenvalue weighted by Crippen LogP contribution is 2.28. The van der Waals surface area contributed by atoms with Gasteiger partial charge in [-0.15, -0.1) is 0 Å². The van der Waals surface area contributed by atoms with Crippen LogP contribution in [0.4, 0.5) is 5.69 Å². The minimum atomic E-state index is -4.22. The average Bonchev–Trinajstić information content (AvgIpc) is 3.00. The van der Waals surface area contributed by atoms with E-state index in [-0.39, 0.29) is 29.8 Å². The standard InChI is InChI=1S/C35H37Cl2N3O4S/c1-24(2)38-35(42)33(21-27-8-6-5-7-9-27)39(22-28-11-13-29(36)14-12-28)34(41)23-40(31-17-10-25(3)26(4)20-31)45(43,44)32-18-15-30(37)16-19-32/h5-20,24,33H,21-23H2,1-4H3,(H,38,42)/t33-/m0/s1. The van der Waals surface area contributed by atoms with Gasteiger partial charge >= 0.3 is 0 Å². The van der Waals surface area contributed by atoms with Crippen LogP contribution in [0.1, 0.15) is 36.1 Å². The van der Waals surface area contributed by atoms with Crippen molar-refractivity contribution in [2.75, 3.05) is 10.8 Å². The fourth-order valence-corrected chi connectivity index (χ4v) is 6.52. The minimum Gasteiger partial charge on any atom is -0.352 e. The Kier molecular flexibility index (Phi) is 11.3. The van der Waals surface area contributed by atoms with Crippen LogP contribution in [0.5, 0.6) is 0 Å². The third-order valence-electron chi connectivity index (χ3n) is 7.43. The van der Waals surface area contributed by atoms with Crippen LogP contribution in [0, 0.1) is 13.8 Å². The van der Waals surface area contributed by atoms with Crippen LogP contribution >= 0.6 is 23.2 Å². The Morgan fingerprint density at radius 3 is 1.96 bits per heavy atom. The SMILES string of the molecule is Cc1ccc(N(CC(=O)N(Cc2ccc(Cl)cc2)[C@@H](Cc2ccccc2)C(=O)NC(C)C)S(=O)(=O)c2ccc(Cl)cc2)cc1C. The molecule has 2 amide bonds. The first-order valence-corrected chi connectivity index (χ1v) is 16.8. The van der Waals surface area contributed by atoms with Gasteiger partial charge in [0.1, 0.15) is 12.6 Å². The summed E-state index contributed by atoms with van der Waals surface area (Å²) < 4.78 is 29.4. The normalized spacial score (nSPS) is 12.1. The Bertz CT molecular complexity index is 1730. The van der Waals surface area contributed by atoms with Gasteiger partial charge in [0.05, 0.1) is 10.6 Å². The summed E-state index contributed by atoms with van der Waals surface area (Å²) in [6.45, 7) is 7.03. The van der Waals surface area contributed by atoms with Crippen LogP contribution in [0.3, 0.4) is 0 Å². The monoisotopic (exact) mass is 665 g/mol. The van der Waals surface area contributed by atoms with E-state index in [1.165, 1.54) is 29.2 Å². The number of carbonyl (C=O) groups excluding carboxylic acids is 2. The number of anilines is 1. The summed E-state index contributed by atoms with van der Waals surface area (Å²) in [6.07, 6.45) is 0.228. The van der Waals surface area contributed by atoms with Crippen molar-refractivity contribution in [1.29, 1.82) is 0 Å². The lowest BCUT2D eigenvalue weighted by atomic mass is 10.0. The molecule has 236 valence electrons. The lowest BCUT2D eigenvalue weighted by Crippen LogP contribution is -2.54. The van der Waals surface area contributed by atoms with Gasteiger partial charge in [-0.3, -0.25) is 13.9 Å². The van der Waals surface area contributed by atoms with Crippen molar-refractivity contribution in [3.05, 3.63) is 129 Å². The van der Waals surface area contributed by atoms with Crippen LogP contribution in [0.15, 0.2) is 102 Å². The predicted molar refractivity (Wildman–Crippen MR) is 181 cm³/mol. The van der Waals surface area contributed by atoms with E-state index in [4.69, 9.17) is 23.2 Å². The second-order valence-electron chi connectivity index (χ2n) is 11.3. The van der Waals surface area contributed by atoms with Crippen molar-refractivity contribution < 1.29 is 18.0 Å². The molecule has 4 aromatic carbocycles. The molecule has 0 aliphatic carbocycles. The zero-order valence-corrected chi connectivity index (χ0v) is 28.0. The molecular weight excluding hydrogens is 629 g/mol. The Labute approximate surface area is 275 Å². The van der Waals surface area contributed by atoms with Crippen LogP contribution < -0.4 is 9.62 Å². The Morgan fingerprint density at radius 2 is 1.38 bits per heavy atom. The van der Waals surface area contributed by atoms with Gasteiger partial charge in [0.25, 0.3) is 10.0 Å². The molecule has 45 heavy (non-hydrogen) atoms. The number of sulfonamides is 1. The maximum atomic E-state index is 14.5. The van der Waals surface area contributed by atoms with Crippen LogP contribution in [-0.2, 0) is 32.6 Å². The van der Waals surface area contributed by atoms with E-state index in [9.17, 15) is 18.0 Å². The predicted octanol–water partition coefficient (Wildman–Crippen LogP) is 6.97. The molecule has 0 fully saturated rings. The van der Waals surface area contributed by atoms with E-state index in [0.717, 1.165) is 26.6 Å². The van der Waals surface area contributed by atoms with Crippen molar-refractivity contribution >= 4 is 50.7 Å². The number of benzene rings is 4. The van der Waals surface area contributed by atoms with Crippen LogP contribution in [0.2, 0.25) is 10.0 Å². The first-order chi connectivity index (χ1) is 21.3. The Morgan fingerprint density at radius 1 is 0.778 bits per heavy atom. The van der Waals surface area contributed by atoms with E-state index in [2.05, 4.69) is 5.32 Å². The molecule has 1 N–H and O–H groups in total. The number of carbonyl (C=O) groups is 2. The largest absolute Gasteiger partial charge is 0.352 e. The highest BCUT2D eigenvalue weighted by molar-refractivity contribution is 7.92. The highest BCUT2D eigenvalue weighted by Gasteiger charge is 2.35.